The molecule has 25 heavy (non-hydrogen) atoms. The average molecular weight is 352 g/mol. The van der Waals surface area contributed by atoms with E-state index < -0.39 is 0 Å². The average Bonchev–Trinajstić information content (AvgIpc) is 3.13. The van der Waals surface area contributed by atoms with Gasteiger partial charge in [0.2, 0.25) is 0 Å². The van der Waals surface area contributed by atoms with Gasteiger partial charge in [0.1, 0.15) is 0 Å². The molecule has 1 N–H and O–H groups in total. The highest BCUT2D eigenvalue weighted by atomic mass is 16.5. The summed E-state index contributed by atoms with van der Waals surface area (Å²) < 4.78 is 5.50. The van der Waals surface area contributed by atoms with Crippen LogP contribution in [0.5, 0.6) is 0 Å². The van der Waals surface area contributed by atoms with Crippen molar-refractivity contribution in [1.82, 2.24) is 20.0 Å². The Hall–Kier alpha value is -0.850. The Balaban J connectivity index is 1.49. The second-order valence-corrected chi connectivity index (χ2v) is 7.65. The Morgan fingerprint density at radius 2 is 1.96 bits per heavy atom. The maximum Gasteiger partial charge on any atom is 0.194 e. The van der Waals surface area contributed by atoms with Gasteiger partial charge in [-0.25, -0.2) is 0 Å². The van der Waals surface area contributed by atoms with Crippen LogP contribution in [-0.2, 0) is 4.74 Å². The summed E-state index contributed by atoms with van der Waals surface area (Å²) in [7, 11) is 0. The predicted octanol–water partition coefficient (Wildman–Crippen LogP) is 1.23. The van der Waals surface area contributed by atoms with Gasteiger partial charge in [0, 0.05) is 51.4 Å². The van der Waals surface area contributed by atoms with E-state index in [1.54, 1.807) is 0 Å². The molecule has 6 nitrogen and oxygen atoms in total. The van der Waals surface area contributed by atoms with Crippen LogP contribution < -0.4 is 5.32 Å². The van der Waals surface area contributed by atoms with Crippen molar-refractivity contribution in [3.8, 4) is 0 Å². The predicted molar refractivity (Wildman–Crippen MR) is 103 cm³/mol. The van der Waals surface area contributed by atoms with Crippen LogP contribution in [0.25, 0.3) is 0 Å². The fraction of sp³-hybridized carbons (Fsp3) is 0.947. The maximum atomic E-state index is 5.50. The van der Waals surface area contributed by atoms with Crippen LogP contribution in [0.1, 0.15) is 39.5 Å². The lowest BCUT2D eigenvalue weighted by molar-refractivity contribution is 0.0195. The molecule has 3 saturated heterocycles. The molecule has 0 aromatic rings. The van der Waals surface area contributed by atoms with Gasteiger partial charge in [0.05, 0.1) is 19.8 Å². The zero-order valence-electron chi connectivity index (χ0n) is 16.3. The summed E-state index contributed by atoms with van der Waals surface area (Å²) in [5.41, 5.74) is 0. The van der Waals surface area contributed by atoms with E-state index >= 15 is 0 Å². The number of ether oxygens (including phenoxy) is 1. The highest BCUT2D eigenvalue weighted by Crippen LogP contribution is 2.18. The monoisotopic (exact) mass is 351 g/mol. The molecule has 0 radical (unpaired) electrons. The molecule has 0 amide bonds. The van der Waals surface area contributed by atoms with Gasteiger partial charge in [-0.1, -0.05) is 6.42 Å². The van der Waals surface area contributed by atoms with Gasteiger partial charge in [0.15, 0.2) is 5.96 Å². The smallest absolute Gasteiger partial charge is 0.194 e. The van der Waals surface area contributed by atoms with Crippen molar-refractivity contribution in [3.63, 3.8) is 0 Å². The molecule has 0 saturated carbocycles. The number of rotatable bonds is 5. The normalized spacial score (nSPS) is 30.0. The van der Waals surface area contributed by atoms with Crippen molar-refractivity contribution in [2.75, 3.05) is 65.6 Å². The number of guanidine groups is 1. The number of hydrogen-bond acceptors (Lipinski definition) is 4. The van der Waals surface area contributed by atoms with Crippen molar-refractivity contribution in [1.29, 1.82) is 0 Å². The lowest BCUT2D eigenvalue weighted by Crippen LogP contribution is -2.47. The van der Waals surface area contributed by atoms with Crippen LogP contribution in [0.15, 0.2) is 4.99 Å². The summed E-state index contributed by atoms with van der Waals surface area (Å²) in [6, 6.07) is 1.39. The summed E-state index contributed by atoms with van der Waals surface area (Å²) >= 11 is 0. The van der Waals surface area contributed by atoms with E-state index in [0.717, 1.165) is 71.0 Å². The van der Waals surface area contributed by atoms with Crippen molar-refractivity contribution in [3.05, 3.63) is 0 Å². The third-order valence-corrected chi connectivity index (χ3v) is 5.95. The minimum absolute atomic E-state index is 0.662. The van der Waals surface area contributed by atoms with Crippen LogP contribution in [0.3, 0.4) is 0 Å². The molecule has 2 atom stereocenters. The quantitative estimate of drug-likeness (QED) is 0.596. The van der Waals surface area contributed by atoms with Gasteiger partial charge >= 0.3 is 0 Å². The van der Waals surface area contributed by atoms with E-state index in [-0.39, 0.29) is 0 Å². The van der Waals surface area contributed by atoms with E-state index in [4.69, 9.17) is 9.73 Å². The first-order valence-corrected chi connectivity index (χ1v) is 10.4. The van der Waals surface area contributed by atoms with Crippen molar-refractivity contribution in [2.24, 2.45) is 4.99 Å². The summed E-state index contributed by atoms with van der Waals surface area (Å²) in [5.74, 6) is 1.11. The molecule has 0 spiro atoms. The van der Waals surface area contributed by atoms with Crippen molar-refractivity contribution < 1.29 is 4.74 Å². The largest absolute Gasteiger partial charge is 0.379 e. The van der Waals surface area contributed by atoms with Crippen LogP contribution in [0.2, 0.25) is 0 Å². The molecule has 3 aliphatic heterocycles. The van der Waals surface area contributed by atoms with Gasteiger partial charge in [-0.05, 0) is 39.7 Å². The molecule has 0 bridgehead atoms. The summed E-state index contributed by atoms with van der Waals surface area (Å²) in [6.45, 7) is 14.9. The van der Waals surface area contributed by atoms with E-state index in [9.17, 15) is 0 Å². The zero-order chi connectivity index (χ0) is 17.5. The number of likely N-dealkylation sites (tertiary alicyclic amines) is 2. The molecular weight excluding hydrogens is 314 g/mol. The highest BCUT2D eigenvalue weighted by molar-refractivity contribution is 5.80. The lowest BCUT2D eigenvalue weighted by atomic mass is 10.0. The molecular formula is C19H37N5O. The molecule has 144 valence electrons. The second-order valence-electron chi connectivity index (χ2n) is 7.65. The van der Waals surface area contributed by atoms with Gasteiger partial charge in [-0.3, -0.25) is 14.8 Å². The topological polar surface area (TPSA) is 43.3 Å². The fourth-order valence-corrected chi connectivity index (χ4v) is 4.37. The number of nitrogens with one attached hydrogen (secondary N) is 1. The van der Waals surface area contributed by atoms with Gasteiger partial charge in [-0.15, -0.1) is 0 Å². The molecule has 2 unspecified atom stereocenters. The number of piperidine rings is 1. The van der Waals surface area contributed by atoms with E-state index in [1.807, 2.05) is 0 Å². The number of hydrogen-bond donors (Lipinski definition) is 1. The molecule has 0 aromatic heterocycles. The number of morpholine rings is 1. The third-order valence-electron chi connectivity index (χ3n) is 5.95. The zero-order valence-corrected chi connectivity index (χ0v) is 16.3. The SMILES string of the molecule is CCNC(=NCCN1CCCCC1C)N1CCC(N2CCOCC2)C1. The first-order valence-electron chi connectivity index (χ1n) is 10.4. The van der Waals surface area contributed by atoms with Crippen molar-refractivity contribution in [2.45, 2.75) is 51.6 Å². The van der Waals surface area contributed by atoms with E-state index in [1.165, 1.54) is 32.2 Å². The molecule has 0 aliphatic carbocycles. The Morgan fingerprint density at radius 3 is 2.72 bits per heavy atom. The molecule has 6 heteroatoms. The molecule has 3 fully saturated rings. The number of aliphatic imine (C=N–C) groups is 1. The fourth-order valence-electron chi connectivity index (χ4n) is 4.37. The second kappa shape index (κ2) is 9.74. The Bertz CT molecular complexity index is 424. The molecule has 3 heterocycles. The number of nitrogens with zero attached hydrogens (tertiary/aromatic N) is 4. The van der Waals surface area contributed by atoms with E-state index in [2.05, 4.69) is 33.9 Å². The first-order chi connectivity index (χ1) is 12.3. The molecule has 3 rings (SSSR count). The molecule has 0 aromatic carbocycles. The third kappa shape index (κ3) is 5.31. The molecule has 3 aliphatic rings. The van der Waals surface area contributed by atoms with Crippen LogP contribution in [0.4, 0.5) is 0 Å². The standard InChI is InChI=1S/C19H37N5O/c1-3-20-19(21-8-11-22-9-5-4-6-17(22)2)24-10-7-18(16-24)23-12-14-25-15-13-23/h17-18H,3-16H2,1-2H3,(H,20,21). The Labute approximate surface area is 153 Å². The highest BCUT2D eigenvalue weighted by Gasteiger charge is 2.30. The van der Waals surface area contributed by atoms with Crippen LogP contribution in [0, 0.1) is 0 Å². The summed E-state index contributed by atoms with van der Waals surface area (Å²) in [5, 5.41) is 3.51. The Kier molecular flexibility index (Phi) is 7.37. The van der Waals surface area contributed by atoms with E-state index in [0.29, 0.717) is 6.04 Å². The minimum Gasteiger partial charge on any atom is -0.379 e. The van der Waals surface area contributed by atoms with Crippen LogP contribution in [-0.4, -0.2) is 98.3 Å². The van der Waals surface area contributed by atoms with Gasteiger partial charge < -0.3 is 15.0 Å². The Morgan fingerprint density at radius 1 is 1.12 bits per heavy atom. The van der Waals surface area contributed by atoms with Crippen molar-refractivity contribution >= 4 is 5.96 Å². The summed E-state index contributed by atoms with van der Waals surface area (Å²) in [6.07, 6.45) is 5.33. The maximum absolute atomic E-state index is 5.50. The lowest BCUT2D eigenvalue weighted by Gasteiger charge is -2.33. The summed E-state index contributed by atoms with van der Waals surface area (Å²) in [4.78, 5) is 12.6. The van der Waals surface area contributed by atoms with Gasteiger partial charge in [0.25, 0.3) is 0 Å². The van der Waals surface area contributed by atoms with Gasteiger partial charge in [-0.2, -0.15) is 0 Å². The first kappa shape index (κ1) is 18.9. The minimum atomic E-state index is 0.662. The van der Waals surface area contributed by atoms with Crippen LogP contribution >= 0.6 is 0 Å².